The highest BCUT2D eigenvalue weighted by atomic mass is 79.9. The standard InChI is InChI=1S/C8H13BrO3/c1-2-12-8(10)4-3-6-11-7-5-9/h3-4H,2,5-7H2,1H3/b4-3+. The Hall–Kier alpha value is -0.350. The topological polar surface area (TPSA) is 35.5 Å². The van der Waals surface area contributed by atoms with Gasteiger partial charge in [0.1, 0.15) is 0 Å². The predicted octanol–water partition coefficient (Wildman–Crippen LogP) is 1.52. The fourth-order valence-corrected chi connectivity index (χ4v) is 0.770. The van der Waals surface area contributed by atoms with Gasteiger partial charge in [0.25, 0.3) is 0 Å². The van der Waals surface area contributed by atoms with E-state index in [-0.39, 0.29) is 5.97 Å². The van der Waals surface area contributed by atoms with E-state index in [0.717, 1.165) is 5.33 Å². The van der Waals surface area contributed by atoms with E-state index in [0.29, 0.717) is 19.8 Å². The molecular formula is C8H13BrO3. The van der Waals surface area contributed by atoms with E-state index in [1.165, 1.54) is 6.08 Å². The molecule has 0 aliphatic heterocycles. The van der Waals surface area contributed by atoms with Crippen LogP contribution in [0.15, 0.2) is 12.2 Å². The first-order chi connectivity index (χ1) is 5.81. The molecule has 0 aliphatic carbocycles. The van der Waals surface area contributed by atoms with Crippen LogP contribution in [0.2, 0.25) is 0 Å². The van der Waals surface area contributed by atoms with Crippen LogP contribution in [0.5, 0.6) is 0 Å². The fraction of sp³-hybridized carbons (Fsp3) is 0.625. The Morgan fingerprint density at radius 1 is 1.58 bits per heavy atom. The maximum absolute atomic E-state index is 10.7. The molecule has 0 radical (unpaired) electrons. The molecule has 0 unspecified atom stereocenters. The quantitative estimate of drug-likeness (QED) is 0.304. The van der Waals surface area contributed by atoms with E-state index in [9.17, 15) is 4.79 Å². The Morgan fingerprint density at radius 3 is 2.92 bits per heavy atom. The van der Waals surface area contributed by atoms with Crippen molar-refractivity contribution in [3.05, 3.63) is 12.2 Å². The molecule has 0 N–H and O–H groups in total. The summed E-state index contributed by atoms with van der Waals surface area (Å²) >= 11 is 3.21. The van der Waals surface area contributed by atoms with Crippen molar-refractivity contribution in [1.29, 1.82) is 0 Å². The van der Waals surface area contributed by atoms with Gasteiger partial charge in [0.05, 0.1) is 19.8 Å². The van der Waals surface area contributed by atoms with E-state index in [1.54, 1.807) is 13.0 Å². The van der Waals surface area contributed by atoms with Crippen molar-refractivity contribution in [1.82, 2.24) is 0 Å². The Morgan fingerprint density at radius 2 is 2.33 bits per heavy atom. The Labute approximate surface area is 80.9 Å². The first-order valence-electron chi connectivity index (χ1n) is 3.78. The molecule has 0 aromatic heterocycles. The highest BCUT2D eigenvalue weighted by molar-refractivity contribution is 9.09. The third-order valence-electron chi connectivity index (χ3n) is 0.976. The molecule has 0 saturated carbocycles. The minimum absolute atomic E-state index is 0.319. The number of esters is 1. The molecule has 0 atom stereocenters. The summed E-state index contributed by atoms with van der Waals surface area (Å²) in [6.45, 7) is 3.27. The van der Waals surface area contributed by atoms with Crippen LogP contribution in [0.4, 0.5) is 0 Å². The lowest BCUT2D eigenvalue weighted by molar-refractivity contribution is -0.137. The lowest BCUT2D eigenvalue weighted by Gasteiger charge is -1.96. The van der Waals surface area contributed by atoms with E-state index in [2.05, 4.69) is 20.7 Å². The van der Waals surface area contributed by atoms with Gasteiger partial charge in [-0.3, -0.25) is 0 Å². The molecule has 0 aliphatic rings. The van der Waals surface area contributed by atoms with E-state index >= 15 is 0 Å². The number of carbonyl (C=O) groups excluding carboxylic acids is 1. The number of hydrogen-bond donors (Lipinski definition) is 0. The molecule has 3 nitrogen and oxygen atoms in total. The maximum Gasteiger partial charge on any atom is 0.330 e. The summed E-state index contributed by atoms with van der Waals surface area (Å²) < 4.78 is 9.73. The van der Waals surface area contributed by atoms with E-state index in [1.807, 2.05) is 0 Å². The molecule has 0 aromatic carbocycles. The average molecular weight is 237 g/mol. The summed E-state index contributed by atoms with van der Waals surface area (Å²) in [5.74, 6) is -0.319. The van der Waals surface area contributed by atoms with Gasteiger partial charge in [-0.25, -0.2) is 4.79 Å². The SMILES string of the molecule is CCOC(=O)/C=C/COCCBr. The van der Waals surface area contributed by atoms with Gasteiger partial charge in [-0.05, 0) is 6.92 Å². The third kappa shape index (κ3) is 7.75. The molecular weight excluding hydrogens is 224 g/mol. The maximum atomic E-state index is 10.7. The van der Waals surface area contributed by atoms with Gasteiger partial charge in [-0.2, -0.15) is 0 Å². The van der Waals surface area contributed by atoms with Crippen molar-refractivity contribution >= 4 is 21.9 Å². The molecule has 0 heterocycles. The van der Waals surface area contributed by atoms with Crippen molar-refractivity contribution < 1.29 is 14.3 Å². The number of alkyl halides is 1. The first-order valence-corrected chi connectivity index (χ1v) is 4.90. The lowest BCUT2D eigenvalue weighted by Crippen LogP contribution is -2.00. The molecule has 0 saturated heterocycles. The number of carbonyl (C=O) groups is 1. The zero-order valence-electron chi connectivity index (χ0n) is 7.09. The van der Waals surface area contributed by atoms with E-state index < -0.39 is 0 Å². The normalized spacial score (nSPS) is 10.5. The molecule has 70 valence electrons. The zero-order valence-corrected chi connectivity index (χ0v) is 8.67. The molecule has 0 spiro atoms. The number of ether oxygens (including phenoxy) is 2. The minimum atomic E-state index is -0.319. The highest BCUT2D eigenvalue weighted by Gasteiger charge is 1.91. The van der Waals surface area contributed by atoms with Gasteiger partial charge in [0, 0.05) is 11.4 Å². The predicted molar refractivity (Wildman–Crippen MR) is 50.4 cm³/mol. The van der Waals surface area contributed by atoms with Crippen LogP contribution in [-0.4, -0.2) is 31.1 Å². The Kier molecular flexibility index (Phi) is 8.49. The van der Waals surface area contributed by atoms with Crippen LogP contribution < -0.4 is 0 Å². The van der Waals surface area contributed by atoms with Gasteiger partial charge < -0.3 is 9.47 Å². The summed E-state index contributed by atoms with van der Waals surface area (Å²) in [5, 5.41) is 0.806. The second-order valence-electron chi connectivity index (χ2n) is 1.92. The molecule has 0 amide bonds. The molecule has 4 heteroatoms. The van der Waals surface area contributed by atoms with Gasteiger partial charge in [-0.1, -0.05) is 22.0 Å². The number of hydrogen-bond acceptors (Lipinski definition) is 3. The summed E-state index contributed by atoms with van der Waals surface area (Å²) in [6.07, 6.45) is 3.01. The Bertz CT molecular complexity index is 145. The van der Waals surface area contributed by atoms with Crippen LogP contribution in [0.1, 0.15) is 6.92 Å². The largest absolute Gasteiger partial charge is 0.463 e. The molecule has 12 heavy (non-hydrogen) atoms. The number of halogens is 1. The van der Waals surface area contributed by atoms with Crippen LogP contribution >= 0.6 is 15.9 Å². The number of rotatable bonds is 6. The van der Waals surface area contributed by atoms with Crippen molar-refractivity contribution in [3.8, 4) is 0 Å². The fourth-order valence-electron chi connectivity index (χ4n) is 0.541. The molecule has 0 rings (SSSR count). The summed E-state index contributed by atoms with van der Waals surface area (Å²) in [7, 11) is 0. The second kappa shape index (κ2) is 8.74. The lowest BCUT2D eigenvalue weighted by atomic mass is 10.5. The first kappa shape index (κ1) is 11.6. The second-order valence-corrected chi connectivity index (χ2v) is 2.71. The van der Waals surface area contributed by atoms with Crippen molar-refractivity contribution in [2.75, 3.05) is 25.2 Å². The van der Waals surface area contributed by atoms with Crippen molar-refractivity contribution in [3.63, 3.8) is 0 Å². The van der Waals surface area contributed by atoms with Crippen molar-refractivity contribution in [2.24, 2.45) is 0 Å². The van der Waals surface area contributed by atoms with Gasteiger partial charge in [-0.15, -0.1) is 0 Å². The van der Waals surface area contributed by atoms with Gasteiger partial charge in [0.2, 0.25) is 0 Å². The van der Waals surface area contributed by atoms with Crippen LogP contribution in [0, 0.1) is 0 Å². The molecule has 0 aromatic rings. The minimum Gasteiger partial charge on any atom is -0.463 e. The van der Waals surface area contributed by atoms with Crippen LogP contribution in [0.25, 0.3) is 0 Å². The summed E-state index contributed by atoms with van der Waals surface area (Å²) in [5.41, 5.74) is 0. The summed E-state index contributed by atoms with van der Waals surface area (Å²) in [4.78, 5) is 10.7. The monoisotopic (exact) mass is 236 g/mol. The third-order valence-corrected chi connectivity index (χ3v) is 1.30. The van der Waals surface area contributed by atoms with Gasteiger partial charge in [0.15, 0.2) is 0 Å². The van der Waals surface area contributed by atoms with Crippen LogP contribution in [-0.2, 0) is 14.3 Å². The Balaban J connectivity index is 3.29. The smallest absolute Gasteiger partial charge is 0.330 e. The molecule has 0 bridgehead atoms. The van der Waals surface area contributed by atoms with E-state index in [4.69, 9.17) is 4.74 Å². The molecule has 0 fully saturated rings. The van der Waals surface area contributed by atoms with Crippen LogP contribution in [0.3, 0.4) is 0 Å². The van der Waals surface area contributed by atoms with Gasteiger partial charge >= 0.3 is 5.97 Å². The summed E-state index contributed by atoms with van der Waals surface area (Å²) in [6, 6.07) is 0. The van der Waals surface area contributed by atoms with Crippen molar-refractivity contribution in [2.45, 2.75) is 6.92 Å². The zero-order chi connectivity index (χ0) is 9.23. The average Bonchev–Trinajstić information content (AvgIpc) is 2.05. The highest BCUT2D eigenvalue weighted by Crippen LogP contribution is 1.84.